The lowest BCUT2D eigenvalue weighted by Crippen LogP contribution is -2.45. The van der Waals surface area contributed by atoms with E-state index in [0.29, 0.717) is 31.7 Å². The number of aromatic nitrogens is 1. The summed E-state index contributed by atoms with van der Waals surface area (Å²) >= 11 is 1.46. The highest BCUT2D eigenvalue weighted by Gasteiger charge is 2.29. The van der Waals surface area contributed by atoms with Crippen LogP contribution in [0.4, 0.5) is 4.79 Å². The molecule has 2 saturated heterocycles. The van der Waals surface area contributed by atoms with Crippen LogP contribution >= 0.6 is 11.3 Å². The van der Waals surface area contributed by atoms with Crippen LogP contribution in [-0.2, 0) is 9.53 Å². The largest absolute Gasteiger partial charge is 0.444 e. The highest BCUT2D eigenvalue weighted by atomic mass is 32.1. The lowest BCUT2D eigenvalue weighted by Gasteiger charge is -2.32. The Morgan fingerprint density at radius 2 is 1.97 bits per heavy atom. The fourth-order valence-corrected chi connectivity index (χ4v) is 4.50. The normalized spacial score (nSPS) is 21.3. The third-order valence-corrected chi connectivity index (χ3v) is 6.10. The number of carbonyl (C=O) groups is 3. The van der Waals surface area contributed by atoms with Crippen LogP contribution in [0.3, 0.4) is 0 Å². The molecular formula is C20H30N4O4S. The van der Waals surface area contributed by atoms with E-state index in [9.17, 15) is 14.4 Å². The van der Waals surface area contributed by atoms with E-state index in [1.165, 1.54) is 11.3 Å². The second-order valence-corrected chi connectivity index (χ2v) is 9.52. The SMILES string of the molecule is CC(C)(C)OC(=O)N1CCC(c2nc(C(=O)NC3CCCCNC3=O)cs2)CC1. The van der Waals surface area contributed by atoms with E-state index in [4.69, 9.17) is 4.74 Å². The zero-order valence-electron chi connectivity index (χ0n) is 17.3. The topological polar surface area (TPSA) is 101 Å². The van der Waals surface area contributed by atoms with E-state index in [-0.39, 0.29) is 23.8 Å². The molecule has 3 rings (SSSR count). The summed E-state index contributed by atoms with van der Waals surface area (Å²) < 4.78 is 5.43. The van der Waals surface area contributed by atoms with Gasteiger partial charge in [0.05, 0.1) is 5.01 Å². The Balaban J connectivity index is 1.53. The molecule has 1 atom stereocenters. The lowest BCUT2D eigenvalue weighted by atomic mass is 9.98. The number of piperidine rings is 1. The molecule has 3 heterocycles. The van der Waals surface area contributed by atoms with Crippen LogP contribution < -0.4 is 10.6 Å². The summed E-state index contributed by atoms with van der Waals surface area (Å²) in [5.41, 5.74) is -0.142. The number of ether oxygens (including phenoxy) is 1. The highest BCUT2D eigenvalue weighted by Crippen LogP contribution is 2.31. The number of carbonyl (C=O) groups excluding carboxylic acids is 3. The molecule has 0 aromatic carbocycles. The molecule has 2 fully saturated rings. The Morgan fingerprint density at radius 3 is 2.66 bits per heavy atom. The molecule has 0 spiro atoms. The minimum atomic E-state index is -0.500. The van der Waals surface area contributed by atoms with Crippen molar-refractivity contribution in [3.63, 3.8) is 0 Å². The van der Waals surface area contributed by atoms with Crippen LogP contribution in [0, 0.1) is 0 Å². The monoisotopic (exact) mass is 422 g/mol. The Kier molecular flexibility index (Phi) is 6.77. The number of likely N-dealkylation sites (tertiary alicyclic amines) is 1. The van der Waals surface area contributed by atoms with E-state index < -0.39 is 11.6 Å². The third kappa shape index (κ3) is 5.91. The van der Waals surface area contributed by atoms with Crippen LogP contribution in [0.5, 0.6) is 0 Å². The van der Waals surface area contributed by atoms with Crippen molar-refractivity contribution in [3.05, 3.63) is 16.1 Å². The summed E-state index contributed by atoms with van der Waals surface area (Å²) in [6, 6.07) is -0.493. The van der Waals surface area contributed by atoms with E-state index in [0.717, 1.165) is 30.7 Å². The van der Waals surface area contributed by atoms with Crippen molar-refractivity contribution >= 4 is 29.2 Å². The molecule has 1 aromatic rings. The van der Waals surface area contributed by atoms with E-state index in [1.54, 1.807) is 10.3 Å². The summed E-state index contributed by atoms with van der Waals surface area (Å²) in [5, 5.41) is 8.29. The summed E-state index contributed by atoms with van der Waals surface area (Å²) in [5.74, 6) is -0.206. The van der Waals surface area contributed by atoms with Crippen molar-refractivity contribution in [1.82, 2.24) is 20.5 Å². The first-order valence-electron chi connectivity index (χ1n) is 10.2. The fraction of sp³-hybridized carbons (Fsp3) is 0.700. The van der Waals surface area contributed by atoms with Gasteiger partial charge in [0.25, 0.3) is 5.91 Å². The minimum absolute atomic E-state index is 0.124. The van der Waals surface area contributed by atoms with Crippen LogP contribution in [0.15, 0.2) is 5.38 Å². The summed E-state index contributed by atoms with van der Waals surface area (Å²) in [6.07, 6.45) is 3.79. The number of amides is 3. The molecule has 1 aromatic heterocycles. The average molecular weight is 423 g/mol. The molecule has 160 valence electrons. The zero-order valence-corrected chi connectivity index (χ0v) is 18.1. The van der Waals surface area contributed by atoms with Gasteiger partial charge in [0.2, 0.25) is 5.91 Å². The second kappa shape index (κ2) is 9.11. The molecule has 1 unspecified atom stereocenters. The van der Waals surface area contributed by atoms with Crippen molar-refractivity contribution in [3.8, 4) is 0 Å². The maximum absolute atomic E-state index is 12.5. The molecule has 29 heavy (non-hydrogen) atoms. The molecule has 2 N–H and O–H groups in total. The van der Waals surface area contributed by atoms with Gasteiger partial charge in [0, 0.05) is 30.9 Å². The van der Waals surface area contributed by atoms with Gasteiger partial charge in [-0.05, 0) is 52.9 Å². The fourth-order valence-electron chi connectivity index (χ4n) is 3.52. The Bertz CT molecular complexity index is 750. The van der Waals surface area contributed by atoms with E-state index >= 15 is 0 Å². The number of nitrogens with zero attached hydrogens (tertiary/aromatic N) is 2. The van der Waals surface area contributed by atoms with Crippen molar-refractivity contribution < 1.29 is 19.1 Å². The zero-order chi connectivity index (χ0) is 21.0. The van der Waals surface area contributed by atoms with Crippen LogP contribution in [-0.4, -0.2) is 59.1 Å². The van der Waals surface area contributed by atoms with Gasteiger partial charge in [0.15, 0.2) is 0 Å². The van der Waals surface area contributed by atoms with Gasteiger partial charge in [-0.3, -0.25) is 9.59 Å². The van der Waals surface area contributed by atoms with Crippen molar-refractivity contribution in [1.29, 1.82) is 0 Å². The second-order valence-electron chi connectivity index (χ2n) is 8.63. The van der Waals surface area contributed by atoms with E-state index in [2.05, 4.69) is 15.6 Å². The highest BCUT2D eigenvalue weighted by molar-refractivity contribution is 7.09. The number of hydrogen-bond acceptors (Lipinski definition) is 6. The lowest BCUT2D eigenvalue weighted by molar-refractivity contribution is -0.122. The first kappa shape index (κ1) is 21.5. The molecule has 0 bridgehead atoms. The van der Waals surface area contributed by atoms with E-state index in [1.807, 2.05) is 20.8 Å². The Labute approximate surface area is 175 Å². The molecule has 9 heteroatoms. The quantitative estimate of drug-likeness (QED) is 0.780. The molecule has 0 aliphatic carbocycles. The number of rotatable bonds is 3. The summed E-state index contributed by atoms with van der Waals surface area (Å²) in [4.78, 5) is 43.0. The first-order chi connectivity index (χ1) is 13.7. The maximum atomic E-state index is 12.5. The first-order valence-corrected chi connectivity index (χ1v) is 11.1. The molecule has 0 saturated carbocycles. The Hall–Kier alpha value is -2.16. The Morgan fingerprint density at radius 1 is 1.24 bits per heavy atom. The van der Waals surface area contributed by atoms with Crippen molar-refractivity contribution in [2.45, 2.75) is 70.4 Å². The number of hydrogen-bond donors (Lipinski definition) is 2. The van der Waals surface area contributed by atoms with Gasteiger partial charge < -0.3 is 20.3 Å². The van der Waals surface area contributed by atoms with Gasteiger partial charge >= 0.3 is 6.09 Å². The summed E-state index contributed by atoms with van der Waals surface area (Å²) in [6.45, 7) is 7.47. The smallest absolute Gasteiger partial charge is 0.410 e. The van der Waals surface area contributed by atoms with Gasteiger partial charge in [-0.2, -0.15) is 0 Å². The average Bonchev–Trinajstić information content (AvgIpc) is 3.07. The molecular weight excluding hydrogens is 392 g/mol. The minimum Gasteiger partial charge on any atom is -0.444 e. The third-order valence-electron chi connectivity index (χ3n) is 5.09. The molecule has 0 radical (unpaired) electrons. The van der Waals surface area contributed by atoms with Gasteiger partial charge in [-0.15, -0.1) is 11.3 Å². The summed E-state index contributed by atoms with van der Waals surface area (Å²) in [7, 11) is 0. The standard InChI is InChI=1S/C20H30N4O4S/c1-20(2,3)28-19(27)24-10-7-13(8-11-24)18-23-15(12-29-18)17(26)22-14-6-4-5-9-21-16(14)25/h12-14H,4-11H2,1-3H3,(H,21,25)(H,22,26). The predicted molar refractivity (Wildman–Crippen MR) is 110 cm³/mol. The van der Waals surface area contributed by atoms with Crippen LogP contribution in [0.25, 0.3) is 0 Å². The van der Waals surface area contributed by atoms with Crippen molar-refractivity contribution in [2.75, 3.05) is 19.6 Å². The van der Waals surface area contributed by atoms with Gasteiger partial charge in [-0.1, -0.05) is 0 Å². The molecule has 2 aliphatic rings. The van der Waals surface area contributed by atoms with Crippen molar-refractivity contribution in [2.24, 2.45) is 0 Å². The van der Waals surface area contributed by atoms with Crippen LogP contribution in [0.1, 0.15) is 74.3 Å². The number of thiazole rings is 1. The predicted octanol–water partition coefficient (Wildman–Crippen LogP) is 2.66. The van der Waals surface area contributed by atoms with Gasteiger partial charge in [-0.25, -0.2) is 9.78 Å². The molecule has 3 amide bonds. The van der Waals surface area contributed by atoms with Crippen LogP contribution in [0.2, 0.25) is 0 Å². The number of nitrogens with one attached hydrogen (secondary N) is 2. The molecule has 2 aliphatic heterocycles. The molecule has 8 nitrogen and oxygen atoms in total. The maximum Gasteiger partial charge on any atom is 0.410 e. The van der Waals surface area contributed by atoms with Gasteiger partial charge in [0.1, 0.15) is 17.3 Å².